The molecule has 1 fully saturated rings. The van der Waals surface area contributed by atoms with E-state index in [4.69, 9.17) is 21.1 Å². The molecule has 0 radical (unpaired) electrons. The summed E-state index contributed by atoms with van der Waals surface area (Å²) >= 11 is 6.12. The van der Waals surface area contributed by atoms with Crippen LogP contribution in [0.15, 0.2) is 41.3 Å². The van der Waals surface area contributed by atoms with Gasteiger partial charge in [-0.1, -0.05) is 17.7 Å². The van der Waals surface area contributed by atoms with Gasteiger partial charge in [0.25, 0.3) is 0 Å². The number of carboxylic acids is 1. The lowest BCUT2D eigenvalue weighted by Gasteiger charge is -2.34. The Kier molecular flexibility index (Phi) is 5.28. The van der Waals surface area contributed by atoms with Gasteiger partial charge in [-0.05, 0) is 23.8 Å². The van der Waals surface area contributed by atoms with Crippen LogP contribution in [0.4, 0.5) is 4.79 Å². The first-order chi connectivity index (χ1) is 14.0. The predicted octanol–water partition coefficient (Wildman–Crippen LogP) is 2.07. The highest BCUT2D eigenvalue weighted by Gasteiger charge is 2.24. The molecule has 0 aliphatic carbocycles. The Labute approximate surface area is 170 Å². The molecule has 1 aliphatic rings. The van der Waals surface area contributed by atoms with E-state index in [9.17, 15) is 9.59 Å². The third kappa shape index (κ3) is 4.13. The van der Waals surface area contributed by atoms with E-state index in [0.717, 1.165) is 15.8 Å². The van der Waals surface area contributed by atoms with Crippen LogP contribution in [0.2, 0.25) is 5.02 Å². The second-order valence-corrected chi connectivity index (χ2v) is 6.98. The first-order valence-corrected chi connectivity index (χ1v) is 9.24. The zero-order chi connectivity index (χ0) is 20.4. The highest BCUT2D eigenvalue weighted by Crippen LogP contribution is 2.26. The van der Waals surface area contributed by atoms with Crippen molar-refractivity contribution >= 4 is 23.6 Å². The van der Waals surface area contributed by atoms with E-state index in [2.05, 4.69) is 20.2 Å². The zero-order valence-electron chi connectivity index (χ0n) is 15.2. The van der Waals surface area contributed by atoms with Gasteiger partial charge in [-0.25, -0.2) is 9.59 Å². The van der Waals surface area contributed by atoms with E-state index in [0.29, 0.717) is 43.6 Å². The quantitative estimate of drug-likeness (QED) is 0.686. The van der Waals surface area contributed by atoms with E-state index < -0.39 is 5.97 Å². The highest BCUT2D eigenvalue weighted by atomic mass is 35.5. The van der Waals surface area contributed by atoms with Gasteiger partial charge in [0.05, 0.1) is 0 Å². The Morgan fingerprint density at radius 2 is 1.97 bits per heavy atom. The Bertz CT molecular complexity index is 1030. The molecule has 11 heteroatoms. The van der Waals surface area contributed by atoms with Crippen molar-refractivity contribution in [2.24, 2.45) is 0 Å². The summed E-state index contributed by atoms with van der Waals surface area (Å²) in [7, 11) is 0. The lowest BCUT2D eigenvalue weighted by Crippen LogP contribution is -2.49. The maximum Gasteiger partial charge on any atom is 0.356 e. The monoisotopic (exact) mass is 416 g/mol. The molecule has 29 heavy (non-hydrogen) atoms. The molecular weight excluding hydrogens is 400 g/mol. The lowest BCUT2D eigenvalue weighted by atomic mass is 10.1. The van der Waals surface area contributed by atoms with Crippen molar-refractivity contribution < 1.29 is 19.1 Å². The molecule has 4 rings (SSSR count). The standard InChI is InChI=1S/C18H17ClN6O4/c19-13-2-1-12(14(9-13)16-21-20-11-29-16)10-23-5-7-24(8-6-23)18(28)25-4-3-15(22-25)17(26)27/h1-4,9,11H,5-8,10H2,(H,26,27). The largest absolute Gasteiger partial charge is 0.476 e. The smallest absolute Gasteiger partial charge is 0.356 e. The Hall–Kier alpha value is -3.24. The van der Waals surface area contributed by atoms with Crippen molar-refractivity contribution in [3.8, 4) is 11.5 Å². The van der Waals surface area contributed by atoms with Gasteiger partial charge in [0.2, 0.25) is 12.3 Å². The normalized spacial score (nSPS) is 14.9. The lowest BCUT2D eigenvalue weighted by molar-refractivity contribution is 0.0689. The van der Waals surface area contributed by atoms with Gasteiger partial charge >= 0.3 is 12.0 Å². The number of hydrogen-bond acceptors (Lipinski definition) is 7. The number of nitrogens with zero attached hydrogens (tertiary/aromatic N) is 6. The van der Waals surface area contributed by atoms with Crippen LogP contribution in [0.5, 0.6) is 0 Å². The molecule has 1 aliphatic heterocycles. The molecule has 0 unspecified atom stereocenters. The molecule has 150 valence electrons. The molecule has 0 spiro atoms. The number of carbonyl (C=O) groups is 2. The molecule has 0 saturated carbocycles. The van der Waals surface area contributed by atoms with E-state index in [1.807, 2.05) is 12.1 Å². The Morgan fingerprint density at radius 1 is 1.17 bits per heavy atom. The van der Waals surface area contributed by atoms with Crippen LogP contribution < -0.4 is 0 Å². The van der Waals surface area contributed by atoms with Gasteiger partial charge in [-0.15, -0.1) is 10.2 Å². The number of aromatic carboxylic acids is 1. The summed E-state index contributed by atoms with van der Waals surface area (Å²) in [6.07, 6.45) is 2.64. The van der Waals surface area contributed by atoms with Gasteiger partial charge in [0.15, 0.2) is 5.69 Å². The second-order valence-electron chi connectivity index (χ2n) is 6.54. The minimum atomic E-state index is -1.17. The molecule has 1 amide bonds. The van der Waals surface area contributed by atoms with Crippen LogP contribution in [0.1, 0.15) is 16.1 Å². The molecule has 3 heterocycles. The SMILES string of the molecule is O=C(O)c1ccn(C(=O)N2CCN(Cc3ccc(Cl)cc3-c3nnco3)CC2)n1. The number of carbonyl (C=O) groups excluding carboxylic acids is 1. The molecule has 0 atom stereocenters. The van der Waals surface area contributed by atoms with Crippen molar-refractivity contribution in [2.75, 3.05) is 26.2 Å². The summed E-state index contributed by atoms with van der Waals surface area (Å²) in [5.41, 5.74) is 1.62. The fourth-order valence-corrected chi connectivity index (χ4v) is 3.38. The van der Waals surface area contributed by atoms with Crippen LogP contribution in [-0.4, -0.2) is 73.1 Å². The van der Waals surface area contributed by atoms with Crippen LogP contribution in [0.25, 0.3) is 11.5 Å². The van der Waals surface area contributed by atoms with Crippen molar-refractivity contribution in [1.29, 1.82) is 0 Å². The molecule has 10 nitrogen and oxygen atoms in total. The average Bonchev–Trinajstić information content (AvgIpc) is 3.42. The third-order valence-corrected chi connectivity index (χ3v) is 4.94. The molecule has 2 aromatic heterocycles. The molecule has 1 saturated heterocycles. The van der Waals surface area contributed by atoms with Crippen molar-refractivity contribution in [3.63, 3.8) is 0 Å². The summed E-state index contributed by atoms with van der Waals surface area (Å²) in [5, 5.41) is 21.0. The summed E-state index contributed by atoms with van der Waals surface area (Å²) in [5.74, 6) is -0.759. The third-order valence-electron chi connectivity index (χ3n) is 4.70. The number of aromatic nitrogens is 4. The number of benzene rings is 1. The maximum atomic E-state index is 12.5. The van der Waals surface area contributed by atoms with E-state index >= 15 is 0 Å². The number of amides is 1. The first-order valence-electron chi connectivity index (χ1n) is 8.87. The summed E-state index contributed by atoms with van der Waals surface area (Å²) in [6, 6.07) is 6.50. The van der Waals surface area contributed by atoms with Gasteiger partial charge in [0.1, 0.15) is 0 Å². The van der Waals surface area contributed by atoms with Crippen molar-refractivity contribution in [2.45, 2.75) is 6.54 Å². The topological polar surface area (TPSA) is 118 Å². The number of rotatable bonds is 4. The van der Waals surface area contributed by atoms with E-state index in [-0.39, 0.29) is 11.7 Å². The number of hydrogen-bond donors (Lipinski definition) is 1. The minimum absolute atomic E-state index is 0.159. The number of piperazine rings is 1. The van der Waals surface area contributed by atoms with Crippen LogP contribution >= 0.6 is 11.6 Å². The second kappa shape index (κ2) is 8.02. The maximum absolute atomic E-state index is 12.5. The van der Waals surface area contributed by atoms with Gasteiger partial charge in [-0.2, -0.15) is 9.78 Å². The fourth-order valence-electron chi connectivity index (χ4n) is 3.20. The van der Waals surface area contributed by atoms with E-state index in [1.165, 1.54) is 18.7 Å². The van der Waals surface area contributed by atoms with Crippen LogP contribution in [-0.2, 0) is 6.54 Å². The van der Waals surface area contributed by atoms with E-state index in [1.54, 1.807) is 11.0 Å². The summed E-state index contributed by atoms with van der Waals surface area (Å²) in [6.45, 7) is 2.96. The molecule has 1 N–H and O–H groups in total. The van der Waals surface area contributed by atoms with Gasteiger partial charge in [0, 0.05) is 49.5 Å². The Balaban J connectivity index is 1.40. The summed E-state index contributed by atoms with van der Waals surface area (Å²) in [4.78, 5) is 27.3. The molecule has 1 aromatic carbocycles. The fraction of sp³-hybridized carbons (Fsp3) is 0.278. The predicted molar refractivity (Wildman–Crippen MR) is 102 cm³/mol. The van der Waals surface area contributed by atoms with Crippen LogP contribution in [0.3, 0.4) is 0 Å². The first kappa shape index (κ1) is 19.1. The van der Waals surface area contributed by atoms with Crippen molar-refractivity contribution in [1.82, 2.24) is 29.8 Å². The minimum Gasteiger partial charge on any atom is -0.476 e. The zero-order valence-corrected chi connectivity index (χ0v) is 16.0. The van der Waals surface area contributed by atoms with Crippen LogP contribution in [0, 0.1) is 0 Å². The van der Waals surface area contributed by atoms with Gasteiger partial charge < -0.3 is 14.4 Å². The highest BCUT2D eigenvalue weighted by molar-refractivity contribution is 6.30. The van der Waals surface area contributed by atoms with Crippen molar-refractivity contribution in [3.05, 3.63) is 53.1 Å². The average molecular weight is 417 g/mol. The summed E-state index contributed by atoms with van der Waals surface area (Å²) < 4.78 is 6.38. The molecular formula is C18H17ClN6O4. The molecule has 0 bridgehead atoms. The van der Waals surface area contributed by atoms with Gasteiger partial charge in [-0.3, -0.25) is 4.90 Å². The number of carboxylic acid groups (broad SMARTS) is 1. The molecule has 3 aromatic rings. The number of halogens is 1. The Morgan fingerprint density at radius 3 is 2.62 bits per heavy atom.